The van der Waals surface area contributed by atoms with E-state index in [0.717, 1.165) is 6.07 Å². The van der Waals surface area contributed by atoms with Crippen LogP contribution in [0, 0.1) is 11.6 Å². The van der Waals surface area contributed by atoms with Gasteiger partial charge in [0.25, 0.3) is 11.8 Å². The van der Waals surface area contributed by atoms with Crippen molar-refractivity contribution in [2.45, 2.75) is 18.9 Å². The fraction of sp³-hybridized carbons (Fsp3) is 0.227. The van der Waals surface area contributed by atoms with Crippen LogP contribution in [0.1, 0.15) is 33.8 Å². The van der Waals surface area contributed by atoms with Gasteiger partial charge >= 0.3 is 0 Å². The summed E-state index contributed by atoms with van der Waals surface area (Å²) in [6, 6.07) is 9.27. The average Bonchev–Trinajstić information content (AvgIpc) is 3.32. The molecule has 0 saturated carbocycles. The summed E-state index contributed by atoms with van der Waals surface area (Å²) in [5.41, 5.74) is -0.132. The van der Waals surface area contributed by atoms with Crippen LogP contribution in [0.2, 0.25) is 5.02 Å². The van der Waals surface area contributed by atoms with Gasteiger partial charge in [-0.25, -0.2) is 8.78 Å². The maximum Gasteiger partial charge on any atom is 0.294 e. The molecule has 0 bridgehead atoms. The second kappa shape index (κ2) is 9.35. The summed E-state index contributed by atoms with van der Waals surface area (Å²) >= 11 is 6.12. The van der Waals surface area contributed by atoms with E-state index in [-0.39, 0.29) is 39.9 Å². The smallest absolute Gasteiger partial charge is 0.294 e. The van der Waals surface area contributed by atoms with Gasteiger partial charge in [0.15, 0.2) is 0 Å². The third-order valence-corrected chi connectivity index (χ3v) is 5.36. The van der Waals surface area contributed by atoms with Gasteiger partial charge in [-0.15, -0.1) is 0 Å². The van der Waals surface area contributed by atoms with Gasteiger partial charge in [-0.05, 0) is 36.4 Å². The van der Waals surface area contributed by atoms with E-state index in [1.165, 1.54) is 30.5 Å². The first-order valence-electron chi connectivity index (χ1n) is 9.83. The van der Waals surface area contributed by atoms with Crippen LogP contribution in [0.3, 0.4) is 0 Å². The predicted molar refractivity (Wildman–Crippen MR) is 112 cm³/mol. The molecule has 166 valence electrons. The SMILES string of the molecule is O=C(Nc1cc(C(=O)N2CCC(Oc3ccc(F)cc3)CC2)c(Cl)cc1F)c1ccno1. The topological polar surface area (TPSA) is 84.7 Å². The van der Waals surface area contributed by atoms with Gasteiger partial charge in [0.1, 0.15) is 23.5 Å². The average molecular weight is 462 g/mol. The molecule has 7 nitrogen and oxygen atoms in total. The van der Waals surface area contributed by atoms with Crippen LogP contribution in [-0.2, 0) is 0 Å². The fourth-order valence-electron chi connectivity index (χ4n) is 3.38. The predicted octanol–water partition coefficient (Wildman–Crippen LogP) is 4.54. The number of halogens is 3. The first kappa shape index (κ1) is 21.8. The van der Waals surface area contributed by atoms with Crippen LogP contribution in [0.5, 0.6) is 5.75 Å². The summed E-state index contributed by atoms with van der Waals surface area (Å²) in [7, 11) is 0. The molecule has 0 aliphatic carbocycles. The molecule has 2 amide bonds. The lowest BCUT2D eigenvalue weighted by atomic mass is 10.1. The molecule has 4 rings (SSSR count). The van der Waals surface area contributed by atoms with E-state index >= 15 is 0 Å². The molecule has 0 atom stereocenters. The molecule has 2 heterocycles. The zero-order chi connectivity index (χ0) is 22.7. The Hall–Kier alpha value is -3.46. The molecule has 2 aromatic carbocycles. The molecular formula is C22H18ClF2N3O4. The summed E-state index contributed by atoms with van der Waals surface area (Å²) in [5.74, 6) is -1.76. The molecule has 32 heavy (non-hydrogen) atoms. The van der Waals surface area contributed by atoms with Crippen molar-refractivity contribution in [3.05, 3.63) is 76.6 Å². The van der Waals surface area contributed by atoms with Gasteiger partial charge in [-0.2, -0.15) is 0 Å². The highest BCUT2D eigenvalue weighted by atomic mass is 35.5. The lowest BCUT2D eigenvalue weighted by Gasteiger charge is -2.32. The van der Waals surface area contributed by atoms with Crippen molar-refractivity contribution in [1.29, 1.82) is 0 Å². The lowest BCUT2D eigenvalue weighted by Crippen LogP contribution is -2.42. The van der Waals surface area contributed by atoms with E-state index < -0.39 is 11.7 Å². The molecule has 1 aliphatic rings. The first-order chi connectivity index (χ1) is 15.4. The number of aromatic nitrogens is 1. The van der Waals surface area contributed by atoms with E-state index in [4.69, 9.17) is 20.9 Å². The number of nitrogens with zero attached hydrogens (tertiary/aromatic N) is 2. The number of likely N-dealkylation sites (tertiary alicyclic amines) is 1. The Kier molecular flexibility index (Phi) is 6.36. The van der Waals surface area contributed by atoms with Crippen LogP contribution in [0.4, 0.5) is 14.5 Å². The molecule has 10 heteroatoms. The molecule has 0 unspecified atom stereocenters. The zero-order valence-corrected chi connectivity index (χ0v) is 17.4. The second-order valence-corrected chi connectivity index (χ2v) is 7.61. The zero-order valence-electron chi connectivity index (χ0n) is 16.7. The Balaban J connectivity index is 1.41. The van der Waals surface area contributed by atoms with Crippen molar-refractivity contribution in [3.63, 3.8) is 0 Å². The standard InChI is InChI=1S/C22H18ClF2N3O4/c23-17-12-18(25)19(27-21(29)20-5-8-26-32-20)11-16(17)22(30)28-9-6-15(7-10-28)31-14-3-1-13(24)2-4-14/h1-5,8,11-12,15H,6-7,9-10H2,(H,27,29). The number of ether oxygens (including phenoxy) is 1. The molecule has 1 aromatic heterocycles. The van der Waals surface area contributed by atoms with Crippen LogP contribution in [0.25, 0.3) is 0 Å². The highest BCUT2D eigenvalue weighted by Gasteiger charge is 2.27. The fourth-order valence-corrected chi connectivity index (χ4v) is 3.61. The van der Waals surface area contributed by atoms with Gasteiger partial charge in [0.05, 0.1) is 22.5 Å². The summed E-state index contributed by atoms with van der Waals surface area (Å²) in [6.07, 6.45) is 2.30. The third kappa shape index (κ3) is 4.88. The molecule has 1 aliphatic heterocycles. The Bertz CT molecular complexity index is 1110. The number of piperidine rings is 1. The molecule has 0 radical (unpaired) electrons. The molecule has 0 spiro atoms. The minimum atomic E-state index is -0.786. The van der Waals surface area contributed by atoms with Crippen LogP contribution in [-0.4, -0.2) is 41.1 Å². The number of rotatable bonds is 5. The molecule has 1 fully saturated rings. The van der Waals surface area contributed by atoms with E-state index in [2.05, 4.69) is 10.5 Å². The highest BCUT2D eigenvalue weighted by Crippen LogP contribution is 2.28. The van der Waals surface area contributed by atoms with Gasteiger partial charge in [0, 0.05) is 32.0 Å². The summed E-state index contributed by atoms with van der Waals surface area (Å²) < 4.78 is 37.9. The summed E-state index contributed by atoms with van der Waals surface area (Å²) in [5, 5.41) is 5.72. The maximum absolute atomic E-state index is 14.3. The molecule has 1 N–H and O–H groups in total. The highest BCUT2D eigenvalue weighted by molar-refractivity contribution is 6.34. The van der Waals surface area contributed by atoms with Crippen molar-refractivity contribution in [1.82, 2.24) is 10.1 Å². The maximum atomic E-state index is 14.3. The monoisotopic (exact) mass is 461 g/mol. The number of amides is 2. The number of nitrogens with one attached hydrogen (secondary N) is 1. The number of benzene rings is 2. The number of anilines is 1. The minimum Gasteiger partial charge on any atom is -0.490 e. The lowest BCUT2D eigenvalue weighted by molar-refractivity contribution is 0.0595. The molecular weight excluding hydrogens is 444 g/mol. The van der Waals surface area contributed by atoms with Gasteiger partial charge in [-0.1, -0.05) is 16.8 Å². The van der Waals surface area contributed by atoms with Crippen molar-refractivity contribution in [2.24, 2.45) is 0 Å². The quantitative estimate of drug-likeness (QED) is 0.603. The largest absolute Gasteiger partial charge is 0.490 e. The van der Waals surface area contributed by atoms with Gasteiger partial charge in [0.2, 0.25) is 5.76 Å². The number of hydrogen-bond donors (Lipinski definition) is 1. The van der Waals surface area contributed by atoms with Crippen molar-refractivity contribution < 1.29 is 27.6 Å². The Morgan fingerprint density at radius 1 is 1.12 bits per heavy atom. The van der Waals surface area contributed by atoms with E-state index in [1.807, 2.05) is 0 Å². The van der Waals surface area contributed by atoms with Crippen LogP contribution < -0.4 is 10.1 Å². The Morgan fingerprint density at radius 2 is 1.84 bits per heavy atom. The van der Waals surface area contributed by atoms with Crippen LogP contribution in [0.15, 0.2) is 53.2 Å². The van der Waals surface area contributed by atoms with Crippen molar-refractivity contribution >= 4 is 29.1 Å². The molecule has 1 saturated heterocycles. The van der Waals surface area contributed by atoms with Gasteiger partial charge < -0.3 is 19.5 Å². The number of carbonyl (C=O) groups is 2. The summed E-state index contributed by atoms with van der Waals surface area (Å²) in [6.45, 7) is 0.802. The minimum absolute atomic E-state index is 0.0603. The third-order valence-electron chi connectivity index (χ3n) is 5.04. The Morgan fingerprint density at radius 3 is 2.50 bits per heavy atom. The van der Waals surface area contributed by atoms with Gasteiger partial charge in [-0.3, -0.25) is 9.59 Å². The van der Waals surface area contributed by atoms with Crippen LogP contribution >= 0.6 is 11.6 Å². The second-order valence-electron chi connectivity index (χ2n) is 7.21. The number of hydrogen-bond acceptors (Lipinski definition) is 5. The van der Waals surface area contributed by atoms with E-state index in [1.54, 1.807) is 17.0 Å². The van der Waals surface area contributed by atoms with E-state index in [9.17, 15) is 18.4 Å². The number of carbonyl (C=O) groups excluding carboxylic acids is 2. The Labute approximate surface area is 186 Å². The van der Waals surface area contributed by atoms with Crippen molar-refractivity contribution in [3.8, 4) is 5.75 Å². The summed E-state index contributed by atoms with van der Waals surface area (Å²) in [4.78, 5) is 26.7. The first-order valence-corrected chi connectivity index (χ1v) is 10.2. The molecule has 3 aromatic rings. The van der Waals surface area contributed by atoms with Crippen molar-refractivity contribution in [2.75, 3.05) is 18.4 Å². The van der Waals surface area contributed by atoms with E-state index in [0.29, 0.717) is 31.7 Å². The normalized spacial score (nSPS) is 14.3.